The average molecular weight is 2090 g/mol. The van der Waals surface area contributed by atoms with E-state index in [0.29, 0.717) is 0 Å². The number of benzene rings is 17. The molecule has 17 rings (SSSR count). The van der Waals surface area contributed by atoms with Crippen LogP contribution >= 0.6 is 95.4 Å². The van der Waals surface area contributed by atoms with Crippen LogP contribution in [0.1, 0.15) is 50.1 Å². The van der Waals surface area contributed by atoms with E-state index >= 15 is 0 Å². The summed E-state index contributed by atoms with van der Waals surface area (Å²) >= 11 is 13.8. The Kier molecular flexibility index (Phi) is 43.3. The van der Waals surface area contributed by atoms with Crippen molar-refractivity contribution in [2.45, 2.75) is 62.3 Å². The second kappa shape index (κ2) is 52.9. The molecule has 0 N–H and O–H groups in total. The standard InChI is InChI=1S/C24H25Br.4C18H15P.C9H11.C6H3Br3.BrH.Mg.Pd/c1-14-7-16(3)23(17(4)8-14)20-11-21(13-22(25)12-20)24-18(5)9-15(2)10-19(24)6;4*1-4-10-16(11-5-1)19(17-12-6-2-7-13-17)18-14-8-3-9-15-18;1-7-4-8(2)6-9(3)5-7;7-4-1-5(8)3-6(9)2-4;;;/h7-13H,1-6H3;4*1-15H;4-5H,1-3H3;1-3H;1H;;/q;;;;;-1;;;+2;/p-1. The summed E-state index contributed by atoms with van der Waals surface area (Å²) in [7, 11) is -1.78. The quantitative estimate of drug-likeness (QED) is 0.0578. The number of rotatable bonds is 14. The molecule has 0 unspecified atom stereocenters. The molecule has 0 bridgehead atoms. The molecule has 11 heteroatoms. The predicted octanol–water partition coefficient (Wildman–Crippen LogP) is 24.4. The van der Waals surface area contributed by atoms with Crippen LogP contribution in [0.25, 0.3) is 22.3 Å². The summed E-state index contributed by atoms with van der Waals surface area (Å²) in [6.45, 7) is 19.4. The second-order valence-corrected chi connectivity index (χ2v) is 41.3. The molecule has 0 fully saturated rings. The molecule has 0 aliphatic rings. The summed E-state index contributed by atoms with van der Waals surface area (Å²) in [6.07, 6.45) is 0. The van der Waals surface area contributed by atoms with Crippen LogP contribution in [0, 0.1) is 68.4 Å². The maximum Gasteiger partial charge on any atom is 2.00 e. The van der Waals surface area contributed by atoms with Gasteiger partial charge in [-0.25, -0.2) is 0 Å². The predicted molar refractivity (Wildman–Crippen MR) is 549 cm³/mol. The zero-order chi connectivity index (χ0) is 83.7. The third-order valence-corrected chi connectivity index (χ3v) is 30.7. The van der Waals surface area contributed by atoms with Crippen LogP contribution in [0.15, 0.2) is 455 Å². The van der Waals surface area contributed by atoms with Crippen LogP contribution in [0.5, 0.6) is 0 Å². The summed E-state index contributed by atoms with van der Waals surface area (Å²) in [6, 6.07) is 159. The molecule has 17 aromatic rings. The molecule has 17 aromatic carbocycles. The van der Waals surface area contributed by atoms with Gasteiger partial charge in [0.25, 0.3) is 0 Å². The molecular formula is C111H99Br5MgP4Pd. The van der Waals surface area contributed by atoms with Crippen LogP contribution in [-0.2, 0) is 20.4 Å². The van der Waals surface area contributed by atoms with E-state index in [1.165, 1.54) is 136 Å². The molecule has 0 nitrogen and oxygen atoms in total. The van der Waals surface area contributed by atoms with Crippen LogP contribution < -0.4 is 80.6 Å². The van der Waals surface area contributed by atoms with Gasteiger partial charge in [0.1, 0.15) is 0 Å². The number of hydrogen-bond donors (Lipinski definition) is 0. The van der Waals surface area contributed by atoms with Crippen LogP contribution in [0.3, 0.4) is 0 Å². The van der Waals surface area contributed by atoms with Gasteiger partial charge in [0.05, 0.1) is 0 Å². The van der Waals surface area contributed by atoms with Crippen molar-refractivity contribution in [3.63, 3.8) is 0 Å². The molecule has 0 atom stereocenters. The van der Waals surface area contributed by atoms with Gasteiger partial charge in [-0.15, -0.1) is 0 Å². The van der Waals surface area contributed by atoms with E-state index in [1.807, 2.05) is 18.2 Å². The van der Waals surface area contributed by atoms with E-state index < -0.39 is 31.7 Å². The first-order chi connectivity index (χ1) is 57.9. The monoisotopic (exact) mass is 2080 g/mol. The molecule has 0 radical (unpaired) electrons. The maximum atomic E-state index is 3.73. The number of halogens is 5. The van der Waals surface area contributed by atoms with Gasteiger partial charge in [-0.2, -0.15) is 34.9 Å². The topological polar surface area (TPSA) is 0 Å². The Morgan fingerprint density at radius 3 is 0.475 bits per heavy atom. The van der Waals surface area contributed by atoms with Crippen molar-refractivity contribution in [1.82, 2.24) is 0 Å². The van der Waals surface area contributed by atoms with E-state index in [4.69, 9.17) is 0 Å². The first-order valence-electron chi connectivity index (χ1n) is 39.8. The number of aryl methyl sites for hydroxylation is 9. The van der Waals surface area contributed by atoms with Gasteiger partial charge in [0.2, 0.25) is 0 Å². The molecule has 0 amide bonds. The minimum Gasteiger partial charge on any atom is -1.00 e. The third-order valence-electron chi connectivity index (χ3n) is 19.1. The minimum absolute atomic E-state index is 0. The van der Waals surface area contributed by atoms with E-state index in [-0.39, 0.29) is 60.5 Å². The van der Waals surface area contributed by atoms with Crippen molar-refractivity contribution in [1.29, 1.82) is 0 Å². The van der Waals surface area contributed by atoms with Gasteiger partial charge < -0.3 is 17.0 Å². The summed E-state index contributed by atoms with van der Waals surface area (Å²) in [5.74, 6) is 0. The smallest absolute Gasteiger partial charge is 1.00 e. The molecule has 0 aliphatic heterocycles. The Hall–Kier alpha value is -7.71. The zero-order valence-electron chi connectivity index (χ0n) is 70.3. The van der Waals surface area contributed by atoms with Crippen molar-refractivity contribution in [2.24, 2.45) is 0 Å². The normalized spacial score (nSPS) is 10.3. The van der Waals surface area contributed by atoms with Crippen molar-refractivity contribution >= 4 is 182 Å². The zero-order valence-corrected chi connectivity index (χ0v) is 84.7. The fraction of sp³-hybridized carbons (Fsp3) is 0.0811. The first-order valence-corrected chi connectivity index (χ1v) is 48.3. The molecule has 0 heterocycles. The molecule has 0 aliphatic carbocycles. The van der Waals surface area contributed by atoms with Crippen molar-refractivity contribution in [3.8, 4) is 22.3 Å². The Morgan fingerprint density at radius 2 is 0.328 bits per heavy atom. The van der Waals surface area contributed by atoms with E-state index in [1.54, 1.807) is 0 Å². The summed E-state index contributed by atoms with van der Waals surface area (Å²) in [4.78, 5) is 0. The maximum absolute atomic E-state index is 3.73. The van der Waals surface area contributed by atoms with Crippen molar-refractivity contribution in [3.05, 3.63) is 511 Å². The third kappa shape index (κ3) is 30.9. The van der Waals surface area contributed by atoms with Gasteiger partial charge >= 0.3 is 23.1 Å². The first kappa shape index (κ1) is 99.7. The van der Waals surface area contributed by atoms with Crippen molar-refractivity contribution in [2.75, 3.05) is 0 Å². The molecule has 0 aromatic heterocycles. The summed E-state index contributed by atoms with van der Waals surface area (Å²) in [5, 5.41) is 16.8. The summed E-state index contributed by atoms with van der Waals surface area (Å²) < 4.78 is 4.34. The molecule has 610 valence electrons. The number of hydrogen-bond acceptors (Lipinski definition) is 0. The molecule has 0 spiro atoms. The Bertz CT molecular complexity index is 4760. The van der Waals surface area contributed by atoms with Gasteiger partial charge in [-0.3, -0.25) is 0 Å². The molecule has 122 heavy (non-hydrogen) atoms. The second-order valence-electron chi connectivity index (χ2n) is 28.8. The fourth-order valence-electron chi connectivity index (χ4n) is 14.5. The van der Waals surface area contributed by atoms with Crippen LogP contribution in [0.4, 0.5) is 0 Å². The molecular weight excluding hydrogens is 1990 g/mol. The Balaban J connectivity index is 0.000000180. The van der Waals surface area contributed by atoms with Gasteiger partial charge in [0.15, 0.2) is 0 Å². The van der Waals surface area contributed by atoms with Gasteiger partial charge in [-0.05, 0) is 218 Å². The van der Waals surface area contributed by atoms with Gasteiger partial charge in [-0.1, -0.05) is 484 Å². The largest absolute Gasteiger partial charge is 2.00 e. The van der Waals surface area contributed by atoms with Crippen molar-refractivity contribution < 1.29 is 37.4 Å². The molecule has 0 saturated carbocycles. The van der Waals surface area contributed by atoms with E-state index in [0.717, 1.165) is 17.9 Å². The van der Waals surface area contributed by atoms with E-state index in [9.17, 15) is 0 Å². The molecule has 0 saturated heterocycles. The van der Waals surface area contributed by atoms with E-state index in [2.05, 4.69) is 551 Å². The van der Waals surface area contributed by atoms with Crippen LogP contribution in [-0.4, -0.2) is 23.1 Å². The SMILES string of the molecule is Brc1cc(Br)cc(Br)c1.Cc1[c-]c(C)cc(C)c1.Cc1cc(C)c(-c2cc(Br)cc(-c3c(C)cc(C)cc3C)c2)c(C)c1.[Br-].[Mg+2].[Pd].c1ccc(P(c2ccccc2)c2ccccc2)cc1.c1ccc(P(c2ccccc2)c2ccccc2)cc1.c1ccc(P(c2ccccc2)c2ccccc2)cc1.c1ccc(P(c2ccccc2)c2ccccc2)cc1. The average Bonchev–Trinajstić information content (AvgIpc) is 0.795. The fourth-order valence-corrected chi connectivity index (χ4v) is 26.6. The van der Waals surface area contributed by atoms with Gasteiger partial charge in [0, 0.05) is 38.3 Å². The Morgan fingerprint density at radius 1 is 0.189 bits per heavy atom. The minimum atomic E-state index is -0.446. The summed E-state index contributed by atoms with van der Waals surface area (Å²) in [5.41, 5.74) is 17.0. The van der Waals surface area contributed by atoms with Crippen LogP contribution in [0.2, 0.25) is 0 Å². The Labute approximate surface area is 806 Å².